The van der Waals surface area contributed by atoms with Crippen LogP contribution >= 0.6 is 0 Å². The minimum Gasteiger partial charge on any atom is -0.492 e. The van der Waals surface area contributed by atoms with Gasteiger partial charge in [0, 0.05) is 26.7 Å². The van der Waals surface area contributed by atoms with Crippen molar-refractivity contribution in [2.45, 2.75) is 6.42 Å². The molecule has 0 unspecified atom stereocenters. The van der Waals surface area contributed by atoms with Crippen LogP contribution in [-0.2, 0) is 9.53 Å². The summed E-state index contributed by atoms with van der Waals surface area (Å²) in [6.45, 7) is 2.64. The molecule has 0 radical (unpaired) electrons. The molecule has 1 aromatic carbocycles. The molecule has 0 spiro atoms. The van der Waals surface area contributed by atoms with Gasteiger partial charge < -0.3 is 14.6 Å². The number of benzene rings is 1. The number of hydrogen-bond donors (Lipinski definition) is 1. The second-order valence-corrected chi connectivity index (χ2v) is 4.28. The molecule has 0 amide bonds. The molecule has 1 aromatic rings. The third-order valence-electron chi connectivity index (χ3n) is 2.74. The molecule has 0 bridgehead atoms. The van der Waals surface area contributed by atoms with Gasteiger partial charge in [-0.25, -0.2) is 4.39 Å². The molecule has 1 rings (SSSR count). The first kappa shape index (κ1) is 16.4. The van der Waals surface area contributed by atoms with Crippen molar-refractivity contribution in [3.05, 3.63) is 30.1 Å². The Bertz CT molecular complexity index is 397. The number of carboxylic acids is 1. The minimum atomic E-state index is -0.827. The van der Waals surface area contributed by atoms with Crippen LogP contribution in [0.3, 0.4) is 0 Å². The van der Waals surface area contributed by atoms with Crippen LogP contribution in [-0.4, -0.2) is 55.9 Å². The van der Waals surface area contributed by atoms with E-state index in [1.54, 1.807) is 19.2 Å². The van der Waals surface area contributed by atoms with Gasteiger partial charge in [0.25, 0.3) is 0 Å². The molecule has 0 saturated heterocycles. The van der Waals surface area contributed by atoms with Gasteiger partial charge in [-0.05, 0) is 24.3 Å². The van der Waals surface area contributed by atoms with Gasteiger partial charge >= 0.3 is 5.97 Å². The molecule has 0 fully saturated rings. The van der Waals surface area contributed by atoms with Gasteiger partial charge in [-0.15, -0.1) is 0 Å². The summed E-state index contributed by atoms with van der Waals surface area (Å²) in [5.74, 6) is -0.538. The average Bonchev–Trinajstić information content (AvgIpc) is 2.43. The lowest BCUT2D eigenvalue weighted by atomic mass is 10.3. The van der Waals surface area contributed by atoms with E-state index >= 15 is 0 Å². The lowest BCUT2D eigenvalue weighted by Gasteiger charge is -2.21. The quantitative estimate of drug-likeness (QED) is 0.708. The molecule has 5 nitrogen and oxygen atoms in total. The molecule has 0 aliphatic heterocycles. The fraction of sp³-hybridized carbons (Fsp3) is 0.500. The number of nitrogens with zero attached hydrogens (tertiary/aromatic N) is 1. The first-order valence-corrected chi connectivity index (χ1v) is 6.43. The second-order valence-electron chi connectivity index (χ2n) is 4.28. The molecule has 20 heavy (non-hydrogen) atoms. The van der Waals surface area contributed by atoms with E-state index < -0.39 is 5.97 Å². The normalized spacial score (nSPS) is 10.8. The summed E-state index contributed by atoms with van der Waals surface area (Å²) in [5, 5.41) is 8.69. The molecular formula is C14H20FNO4. The maximum atomic E-state index is 12.7. The summed E-state index contributed by atoms with van der Waals surface area (Å²) in [7, 11) is 1.60. The Morgan fingerprint density at radius 2 is 1.85 bits per heavy atom. The molecule has 0 aliphatic rings. The van der Waals surface area contributed by atoms with Crippen LogP contribution < -0.4 is 4.74 Å². The van der Waals surface area contributed by atoms with Crippen molar-refractivity contribution in [2.75, 3.05) is 40.0 Å². The number of hydrogen-bond acceptors (Lipinski definition) is 4. The van der Waals surface area contributed by atoms with Crippen molar-refractivity contribution in [3.63, 3.8) is 0 Å². The van der Waals surface area contributed by atoms with E-state index in [0.29, 0.717) is 38.6 Å². The summed E-state index contributed by atoms with van der Waals surface area (Å²) in [4.78, 5) is 12.5. The first-order valence-electron chi connectivity index (χ1n) is 6.43. The molecule has 0 saturated carbocycles. The standard InChI is InChI=1S/C14H20FNO4/c1-19-10-8-16(7-6-14(17)18)9-11-20-13-4-2-12(15)3-5-13/h2-5H,6-11H2,1H3,(H,17,18). The van der Waals surface area contributed by atoms with Gasteiger partial charge in [0.1, 0.15) is 18.2 Å². The molecule has 1 N–H and O–H groups in total. The van der Waals surface area contributed by atoms with Crippen LogP contribution in [0, 0.1) is 5.82 Å². The number of rotatable bonds is 10. The van der Waals surface area contributed by atoms with Crippen LogP contribution in [0.4, 0.5) is 4.39 Å². The number of carbonyl (C=O) groups is 1. The van der Waals surface area contributed by atoms with E-state index in [1.807, 2.05) is 4.90 Å². The molecule has 112 valence electrons. The largest absolute Gasteiger partial charge is 0.492 e. The molecular weight excluding hydrogens is 265 g/mol. The van der Waals surface area contributed by atoms with Crippen molar-refractivity contribution in [3.8, 4) is 5.75 Å². The van der Waals surface area contributed by atoms with E-state index in [1.165, 1.54) is 12.1 Å². The Kier molecular flexibility index (Phi) is 7.60. The van der Waals surface area contributed by atoms with Crippen molar-refractivity contribution in [1.82, 2.24) is 4.90 Å². The van der Waals surface area contributed by atoms with E-state index in [0.717, 1.165) is 0 Å². The van der Waals surface area contributed by atoms with Gasteiger partial charge in [-0.3, -0.25) is 9.69 Å². The monoisotopic (exact) mass is 285 g/mol. The zero-order valence-electron chi connectivity index (χ0n) is 11.5. The lowest BCUT2D eigenvalue weighted by Crippen LogP contribution is -2.33. The zero-order valence-corrected chi connectivity index (χ0v) is 11.5. The Balaban J connectivity index is 2.32. The number of ether oxygens (including phenoxy) is 2. The number of carboxylic acid groups (broad SMARTS) is 1. The first-order chi connectivity index (χ1) is 9.61. The highest BCUT2D eigenvalue weighted by Crippen LogP contribution is 2.10. The third-order valence-corrected chi connectivity index (χ3v) is 2.74. The lowest BCUT2D eigenvalue weighted by molar-refractivity contribution is -0.137. The Morgan fingerprint density at radius 1 is 1.20 bits per heavy atom. The van der Waals surface area contributed by atoms with E-state index in [2.05, 4.69) is 0 Å². The van der Waals surface area contributed by atoms with Gasteiger partial charge in [0.15, 0.2) is 0 Å². The predicted octanol–water partition coefficient (Wildman–Crippen LogP) is 1.63. The predicted molar refractivity (Wildman–Crippen MR) is 72.5 cm³/mol. The van der Waals surface area contributed by atoms with E-state index in [9.17, 15) is 9.18 Å². The van der Waals surface area contributed by atoms with Crippen molar-refractivity contribution in [2.24, 2.45) is 0 Å². The van der Waals surface area contributed by atoms with Crippen LogP contribution in [0.2, 0.25) is 0 Å². The fourth-order valence-corrected chi connectivity index (χ4v) is 1.63. The summed E-state index contributed by atoms with van der Waals surface area (Å²) in [6.07, 6.45) is 0.0836. The smallest absolute Gasteiger partial charge is 0.304 e. The maximum Gasteiger partial charge on any atom is 0.304 e. The summed E-state index contributed by atoms with van der Waals surface area (Å²) in [6, 6.07) is 5.79. The van der Waals surface area contributed by atoms with Crippen LogP contribution in [0.15, 0.2) is 24.3 Å². The van der Waals surface area contributed by atoms with Crippen LogP contribution in [0.1, 0.15) is 6.42 Å². The Morgan fingerprint density at radius 3 is 2.45 bits per heavy atom. The zero-order chi connectivity index (χ0) is 14.8. The minimum absolute atomic E-state index is 0.0836. The maximum absolute atomic E-state index is 12.7. The Labute approximate surface area is 117 Å². The van der Waals surface area contributed by atoms with Crippen LogP contribution in [0.5, 0.6) is 5.75 Å². The summed E-state index contributed by atoms with van der Waals surface area (Å²) >= 11 is 0. The van der Waals surface area contributed by atoms with E-state index in [4.69, 9.17) is 14.6 Å². The highest BCUT2D eigenvalue weighted by molar-refractivity contribution is 5.66. The van der Waals surface area contributed by atoms with Crippen molar-refractivity contribution >= 4 is 5.97 Å². The molecule has 6 heteroatoms. The van der Waals surface area contributed by atoms with Gasteiger partial charge in [-0.1, -0.05) is 0 Å². The SMILES string of the molecule is COCCN(CCOc1ccc(F)cc1)CCC(=O)O. The van der Waals surface area contributed by atoms with Crippen LogP contribution in [0.25, 0.3) is 0 Å². The topological polar surface area (TPSA) is 59.0 Å². The summed E-state index contributed by atoms with van der Waals surface area (Å²) in [5.41, 5.74) is 0. The third kappa shape index (κ3) is 7.06. The summed E-state index contributed by atoms with van der Waals surface area (Å²) < 4.78 is 23.2. The second kappa shape index (κ2) is 9.28. The van der Waals surface area contributed by atoms with Gasteiger partial charge in [0.2, 0.25) is 0 Å². The molecule has 0 aromatic heterocycles. The molecule has 0 aliphatic carbocycles. The van der Waals surface area contributed by atoms with Gasteiger partial charge in [-0.2, -0.15) is 0 Å². The molecule has 0 heterocycles. The van der Waals surface area contributed by atoms with Crippen molar-refractivity contribution < 1.29 is 23.8 Å². The number of aliphatic carboxylic acids is 1. The van der Waals surface area contributed by atoms with Crippen molar-refractivity contribution in [1.29, 1.82) is 0 Å². The van der Waals surface area contributed by atoms with E-state index in [-0.39, 0.29) is 12.2 Å². The highest BCUT2D eigenvalue weighted by atomic mass is 19.1. The molecule has 0 atom stereocenters. The highest BCUT2D eigenvalue weighted by Gasteiger charge is 2.07. The average molecular weight is 285 g/mol. The Hall–Kier alpha value is -1.66. The number of methoxy groups -OCH3 is 1. The fourth-order valence-electron chi connectivity index (χ4n) is 1.63. The van der Waals surface area contributed by atoms with Gasteiger partial charge in [0.05, 0.1) is 13.0 Å². The number of halogens is 1.